The number of benzene rings is 1. The minimum absolute atomic E-state index is 0.192. The van der Waals surface area contributed by atoms with Gasteiger partial charge in [0.25, 0.3) is 0 Å². The Morgan fingerprint density at radius 1 is 1.27 bits per heavy atom. The third-order valence-electron chi connectivity index (χ3n) is 4.48. The number of carbonyl (C=O) groups is 1. The molecule has 1 N–H and O–H groups in total. The molecule has 0 spiro atoms. The van der Waals surface area contributed by atoms with Crippen LogP contribution in [0.1, 0.15) is 54.7 Å². The summed E-state index contributed by atoms with van der Waals surface area (Å²) in [6.07, 6.45) is 0.0901. The molecule has 0 bridgehead atoms. The smallest absolute Gasteiger partial charge is 0.300 e. The molecule has 1 aromatic heterocycles. The first-order valence-corrected chi connectivity index (χ1v) is 9.51. The number of hydrogen-bond acceptors (Lipinski definition) is 4. The Balaban J connectivity index is 1.60. The second-order valence-corrected chi connectivity index (χ2v) is 7.54. The number of amides is 1. The Morgan fingerprint density at radius 3 is 2.77 bits per heavy atom. The van der Waals surface area contributed by atoms with Gasteiger partial charge in [0.15, 0.2) is 0 Å². The lowest BCUT2D eigenvalue weighted by molar-refractivity contribution is -0.138. The molecule has 1 fully saturated rings. The fraction of sp³-hybridized carbons (Fsp3) is 0.500. The highest BCUT2D eigenvalue weighted by atomic mass is 32.1. The van der Waals surface area contributed by atoms with Crippen LogP contribution in [0, 0.1) is 5.92 Å². The quantitative estimate of drug-likeness (QED) is 0.682. The minimum atomic E-state index is -4.41. The molecule has 2 unspecified atom stereocenters. The standard InChI is InChI=1S/C18H20F3N3OS/c1-2-3-4-9-15-23-24-17(26-15)22-16(25)13-10-12(13)11-7-5-6-8-14(11)18(19,20)21/h5-8,12-13H,2-4,9-10H2,1H3,(H,22,24,25). The van der Waals surface area contributed by atoms with Crippen LogP contribution in [0.15, 0.2) is 24.3 Å². The number of anilines is 1. The van der Waals surface area contributed by atoms with Gasteiger partial charge in [0.2, 0.25) is 11.0 Å². The predicted molar refractivity (Wildman–Crippen MR) is 94.1 cm³/mol. The predicted octanol–water partition coefficient (Wildman–Crippen LogP) is 5.03. The fourth-order valence-electron chi connectivity index (χ4n) is 3.04. The molecule has 3 rings (SSSR count). The molecule has 1 heterocycles. The Hall–Kier alpha value is -1.96. The van der Waals surface area contributed by atoms with E-state index < -0.39 is 23.6 Å². The van der Waals surface area contributed by atoms with Crippen molar-refractivity contribution in [3.05, 3.63) is 40.4 Å². The molecule has 26 heavy (non-hydrogen) atoms. The molecule has 4 nitrogen and oxygen atoms in total. The third kappa shape index (κ3) is 4.41. The van der Waals surface area contributed by atoms with E-state index in [0.29, 0.717) is 11.6 Å². The number of carbonyl (C=O) groups excluding carboxylic acids is 1. The van der Waals surface area contributed by atoms with E-state index in [1.54, 1.807) is 6.07 Å². The first-order chi connectivity index (χ1) is 12.4. The van der Waals surface area contributed by atoms with Gasteiger partial charge in [0.05, 0.1) is 5.56 Å². The van der Waals surface area contributed by atoms with Crippen LogP contribution in [-0.2, 0) is 17.4 Å². The zero-order valence-electron chi connectivity index (χ0n) is 14.3. The van der Waals surface area contributed by atoms with E-state index in [2.05, 4.69) is 22.4 Å². The molecule has 140 valence electrons. The van der Waals surface area contributed by atoms with Gasteiger partial charge >= 0.3 is 6.18 Å². The molecule has 0 saturated heterocycles. The van der Waals surface area contributed by atoms with Crippen LogP contribution in [-0.4, -0.2) is 16.1 Å². The number of aryl methyl sites for hydroxylation is 1. The van der Waals surface area contributed by atoms with Gasteiger partial charge in [-0.05, 0) is 30.4 Å². The number of aromatic nitrogens is 2. The number of halogens is 3. The van der Waals surface area contributed by atoms with E-state index >= 15 is 0 Å². The Kier molecular flexibility index (Phi) is 5.60. The van der Waals surface area contributed by atoms with Crippen LogP contribution in [0.3, 0.4) is 0 Å². The summed E-state index contributed by atoms with van der Waals surface area (Å²) in [7, 11) is 0. The van der Waals surface area contributed by atoms with Crippen LogP contribution in [0.5, 0.6) is 0 Å². The van der Waals surface area contributed by atoms with Crippen molar-refractivity contribution in [2.45, 2.75) is 51.1 Å². The fourth-order valence-corrected chi connectivity index (χ4v) is 3.82. The van der Waals surface area contributed by atoms with Crippen molar-refractivity contribution in [1.29, 1.82) is 0 Å². The van der Waals surface area contributed by atoms with Crippen molar-refractivity contribution in [2.75, 3.05) is 5.32 Å². The van der Waals surface area contributed by atoms with Crippen LogP contribution >= 0.6 is 11.3 Å². The molecule has 0 radical (unpaired) electrons. The van der Waals surface area contributed by atoms with Crippen molar-refractivity contribution < 1.29 is 18.0 Å². The minimum Gasteiger partial charge on any atom is -0.300 e. The molecule has 1 aliphatic rings. The number of nitrogens with one attached hydrogen (secondary N) is 1. The monoisotopic (exact) mass is 383 g/mol. The van der Waals surface area contributed by atoms with Crippen molar-refractivity contribution in [1.82, 2.24) is 10.2 Å². The van der Waals surface area contributed by atoms with E-state index in [4.69, 9.17) is 0 Å². The second kappa shape index (κ2) is 7.73. The van der Waals surface area contributed by atoms with Crippen molar-refractivity contribution >= 4 is 22.4 Å². The molecule has 1 aliphatic carbocycles. The zero-order valence-corrected chi connectivity index (χ0v) is 15.2. The molecule has 0 aliphatic heterocycles. The molecule has 8 heteroatoms. The third-order valence-corrected chi connectivity index (χ3v) is 5.38. The van der Waals surface area contributed by atoms with Crippen LogP contribution < -0.4 is 5.32 Å². The highest BCUT2D eigenvalue weighted by molar-refractivity contribution is 7.15. The lowest BCUT2D eigenvalue weighted by atomic mass is 10.0. The summed E-state index contributed by atoms with van der Waals surface area (Å²) < 4.78 is 39.4. The molecule has 1 saturated carbocycles. The van der Waals surface area contributed by atoms with Gasteiger partial charge in [-0.25, -0.2) is 0 Å². The van der Waals surface area contributed by atoms with Gasteiger partial charge < -0.3 is 5.32 Å². The average molecular weight is 383 g/mol. The number of nitrogens with zero attached hydrogens (tertiary/aromatic N) is 2. The molecular formula is C18H20F3N3OS. The van der Waals surface area contributed by atoms with Gasteiger partial charge in [-0.15, -0.1) is 10.2 Å². The zero-order chi connectivity index (χ0) is 18.7. The number of hydrogen-bond donors (Lipinski definition) is 1. The maximum Gasteiger partial charge on any atom is 0.416 e. The van der Waals surface area contributed by atoms with Crippen molar-refractivity contribution in [2.24, 2.45) is 5.92 Å². The van der Waals surface area contributed by atoms with E-state index in [1.165, 1.54) is 23.5 Å². The molecule has 2 atom stereocenters. The van der Waals surface area contributed by atoms with Gasteiger partial charge in [-0.1, -0.05) is 49.3 Å². The Morgan fingerprint density at radius 2 is 2.04 bits per heavy atom. The SMILES string of the molecule is CCCCCc1nnc(NC(=O)C2CC2c2ccccc2C(F)(F)F)s1. The topological polar surface area (TPSA) is 54.9 Å². The molecule has 1 amide bonds. The van der Waals surface area contributed by atoms with Gasteiger partial charge in [0, 0.05) is 12.3 Å². The van der Waals surface area contributed by atoms with E-state index in [0.717, 1.165) is 36.8 Å². The van der Waals surface area contributed by atoms with Crippen LogP contribution in [0.25, 0.3) is 0 Å². The number of rotatable bonds is 7. The normalized spacial score (nSPS) is 19.4. The van der Waals surface area contributed by atoms with Crippen molar-refractivity contribution in [3.8, 4) is 0 Å². The van der Waals surface area contributed by atoms with Gasteiger partial charge in [-0.3, -0.25) is 4.79 Å². The number of alkyl halides is 3. The summed E-state index contributed by atoms with van der Waals surface area (Å²) in [5.41, 5.74) is -0.466. The van der Waals surface area contributed by atoms with E-state index in [-0.39, 0.29) is 11.5 Å². The Bertz CT molecular complexity index is 775. The lowest BCUT2D eigenvalue weighted by Gasteiger charge is -2.12. The largest absolute Gasteiger partial charge is 0.416 e. The summed E-state index contributed by atoms with van der Waals surface area (Å²) in [5, 5.41) is 12.0. The van der Waals surface area contributed by atoms with E-state index in [1.807, 2.05) is 0 Å². The lowest BCUT2D eigenvalue weighted by Crippen LogP contribution is -2.15. The summed E-state index contributed by atoms with van der Waals surface area (Å²) in [6, 6.07) is 5.46. The highest BCUT2D eigenvalue weighted by Gasteiger charge is 2.48. The van der Waals surface area contributed by atoms with Crippen LogP contribution in [0.2, 0.25) is 0 Å². The highest BCUT2D eigenvalue weighted by Crippen LogP contribution is 2.51. The maximum absolute atomic E-state index is 13.1. The maximum atomic E-state index is 13.1. The average Bonchev–Trinajstić information content (AvgIpc) is 3.29. The van der Waals surface area contributed by atoms with E-state index in [9.17, 15) is 18.0 Å². The molecule has 2 aromatic rings. The summed E-state index contributed by atoms with van der Waals surface area (Å²) in [6.45, 7) is 2.12. The first kappa shape index (κ1) is 18.8. The Labute approximate surface area is 153 Å². The summed E-state index contributed by atoms with van der Waals surface area (Å²) >= 11 is 1.33. The number of unbranched alkanes of at least 4 members (excludes halogenated alkanes) is 2. The second-order valence-electron chi connectivity index (χ2n) is 6.48. The van der Waals surface area contributed by atoms with Gasteiger partial charge in [-0.2, -0.15) is 13.2 Å². The summed E-state index contributed by atoms with van der Waals surface area (Å²) in [4.78, 5) is 12.3. The van der Waals surface area contributed by atoms with Crippen LogP contribution in [0.4, 0.5) is 18.3 Å². The first-order valence-electron chi connectivity index (χ1n) is 8.69. The van der Waals surface area contributed by atoms with Crippen molar-refractivity contribution in [3.63, 3.8) is 0 Å². The van der Waals surface area contributed by atoms with Gasteiger partial charge in [0.1, 0.15) is 5.01 Å². The molecular weight excluding hydrogens is 363 g/mol. The summed E-state index contributed by atoms with van der Waals surface area (Å²) in [5.74, 6) is -1.14. The molecule has 1 aromatic carbocycles.